The minimum Gasteiger partial charge on any atom is -0.377 e. The van der Waals surface area contributed by atoms with Crippen molar-refractivity contribution >= 4 is 0 Å². The first-order chi connectivity index (χ1) is 5.66. The van der Waals surface area contributed by atoms with E-state index in [1.54, 1.807) is 0 Å². The van der Waals surface area contributed by atoms with Gasteiger partial charge in [-0.05, 0) is 20.9 Å². The molecule has 0 radical (unpaired) electrons. The first-order valence-corrected chi connectivity index (χ1v) is 4.34. The summed E-state index contributed by atoms with van der Waals surface area (Å²) in [7, 11) is 2.00. The van der Waals surface area contributed by atoms with E-state index in [0.717, 1.165) is 19.7 Å². The van der Waals surface area contributed by atoms with Crippen LogP contribution in [0, 0.1) is 11.3 Å². The molecule has 0 N–H and O–H groups in total. The molecule has 0 rings (SSSR count). The standard InChI is InChI=1S/C9H18N2O/c1-9(2)12-8-7-11(3)6-4-5-10/h9H,4,6-8H2,1-3H3. The van der Waals surface area contributed by atoms with Crippen molar-refractivity contribution in [1.29, 1.82) is 5.26 Å². The molecular formula is C9H18N2O. The van der Waals surface area contributed by atoms with Gasteiger partial charge in [-0.25, -0.2) is 0 Å². The Balaban J connectivity index is 3.20. The van der Waals surface area contributed by atoms with Crippen molar-refractivity contribution in [2.24, 2.45) is 0 Å². The van der Waals surface area contributed by atoms with Crippen LogP contribution in [0.3, 0.4) is 0 Å². The van der Waals surface area contributed by atoms with Gasteiger partial charge in [-0.3, -0.25) is 0 Å². The number of ether oxygens (including phenoxy) is 1. The summed E-state index contributed by atoms with van der Waals surface area (Å²) in [5.41, 5.74) is 0. The Labute approximate surface area is 74.9 Å². The Morgan fingerprint density at radius 1 is 1.42 bits per heavy atom. The van der Waals surface area contributed by atoms with Gasteiger partial charge in [-0.1, -0.05) is 0 Å². The lowest BCUT2D eigenvalue weighted by molar-refractivity contribution is 0.0642. The summed E-state index contributed by atoms with van der Waals surface area (Å²) in [6, 6.07) is 2.12. The Morgan fingerprint density at radius 3 is 2.58 bits per heavy atom. The van der Waals surface area contributed by atoms with Crippen molar-refractivity contribution in [3.05, 3.63) is 0 Å². The minimum atomic E-state index is 0.300. The molecule has 0 spiro atoms. The van der Waals surface area contributed by atoms with Crippen LogP contribution in [0.25, 0.3) is 0 Å². The molecule has 0 bridgehead atoms. The topological polar surface area (TPSA) is 36.3 Å². The number of likely N-dealkylation sites (N-methyl/N-ethyl adjacent to an activating group) is 1. The Morgan fingerprint density at radius 2 is 2.08 bits per heavy atom. The highest BCUT2D eigenvalue weighted by Crippen LogP contribution is 1.90. The molecule has 0 aliphatic carbocycles. The van der Waals surface area contributed by atoms with Crippen LogP contribution in [0.2, 0.25) is 0 Å². The quantitative estimate of drug-likeness (QED) is 0.602. The molecule has 12 heavy (non-hydrogen) atoms. The minimum absolute atomic E-state index is 0.300. The number of nitrogens with zero attached hydrogens (tertiary/aromatic N) is 2. The van der Waals surface area contributed by atoms with E-state index in [2.05, 4.69) is 11.0 Å². The van der Waals surface area contributed by atoms with Crippen molar-refractivity contribution in [3.8, 4) is 6.07 Å². The first-order valence-electron chi connectivity index (χ1n) is 4.34. The van der Waals surface area contributed by atoms with Crippen molar-refractivity contribution in [3.63, 3.8) is 0 Å². The summed E-state index contributed by atoms with van der Waals surface area (Å²) in [6.45, 7) is 6.53. The van der Waals surface area contributed by atoms with E-state index in [1.807, 2.05) is 20.9 Å². The zero-order valence-electron chi connectivity index (χ0n) is 8.21. The molecule has 0 fully saturated rings. The maximum Gasteiger partial charge on any atom is 0.0635 e. The van der Waals surface area contributed by atoms with E-state index in [0.29, 0.717) is 12.5 Å². The van der Waals surface area contributed by atoms with Crippen molar-refractivity contribution < 1.29 is 4.74 Å². The number of hydrogen-bond acceptors (Lipinski definition) is 3. The van der Waals surface area contributed by atoms with E-state index >= 15 is 0 Å². The fraction of sp³-hybridized carbons (Fsp3) is 0.889. The van der Waals surface area contributed by atoms with E-state index in [9.17, 15) is 0 Å². The van der Waals surface area contributed by atoms with Gasteiger partial charge in [0.2, 0.25) is 0 Å². The third kappa shape index (κ3) is 7.52. The van der Waals surface area contributed by atoms with Crippen LogP contribution in [0.4, 0.5) is 0 Å². The Bertz CT molecular complexity index is 140. The molecule has 0 aromatic carbocycles. The SMILES string of the molecule is CC(C)OCCN(C)CCC#N. The van der Waals surface area contributed by atoms with Gasteiger partial charge in [-0.15, -0.1) is 0 Å². The van der Waals surface area contributed by atoms with Gasteiger partial charge < -0.3 is 9.64 Å². The highest BCUT2D eigenvalue weighted by molar-refractivity contribution is 4.70. The number of nitriles is 1. The van der Waals surface area contributed by atoms with Gasteiger partial charge in [0.1, 0.15) is 0 Å². The molecule has 0 heterocycles. The average Bonchev–Trinajstić information content (AvgIpc) is 2.00. The lowest BCUT2D eigenvalue weighted by Crippen LogP contribution is -2.25. The highest BCUT2D eigenvalue weighted by Gasteiger charge is 1.98. The molecule has 0 aliphatic rings. The van der Waals surface area contributed by atoms with E-state index < -0.39 is 0 Å². The second-order valence-electron chi connectivity index (χ2n) is 3.13. The predicted octanol–water partition coefficient (Wildman–Crippen LogP) is 1.26. The largest absolute Gasteiger partial charge is 0.377 e. The second-order valence-corrected chi connectivity index (χ2v) is 3.13. The maximum absolute atomic E-state index is 8.32. The fourth-order valence-electron chi connectivity index (χ4n) is 0.797. The van der Waals surface area contributed by atoms with Crippen LogP contribution < -0.4 is 0 Å². The van der Waals surface area contributed by atoms with Crippen LogP contribution in [-0.2, 0) is 4.74 Å². The summed E-state index contributed by atoms with van der Waals surface area (Å²) in [5, 5.41) is 8.32. The van der Waals surface area contributed by atoms with Gasteiger partial charge in [0.25, 0.3) is 0 Å². The van der Waals surface area contributed by atoms with Crippen LogP contribution in [-0.4, -0.2) is 37.7 Å². The van der Waals surface area contributed by atoms with E-state index in [4.69, 9.17) is 10.00 Å². The molecule has 3 heteroatoms. The fourth-order valence-corrected chi connectivity index (χ4v) is 0.797. The molecule has 0 aliphatic heterocycles. The Hall–Kier alpha value is -0.590. The maximum atomic E-state index is 8.32. The van der Waals surface area contributed by atoms with Crippen LogP contribution in [0.1, 0.15) is 20.3 Å². The van der Waals surface area contributed by atoms with Gasteiger partial charge in [-0.2, -0.15) is 5.26 Å². The zero-order chi connectivity index (χ0) is 9.40. The number of hydrogen-bond donors (Lipinski definition) is 0. The van der Waals surface area contributed by atoms with Crippen LogP contribution in [0.15, 0.2) is 0 Å². The normalized spacial score (nSPS) is 10.7. The van der Waals surface area contributed by atoms with Gasteiger partial charge in [0.15, 0.2) is 0 Å². The third-order valence-electron chi connectivity index (χ3n) is 1.53. The second kappa shape index (κ2) is 7.08. The molecule has 0 aromatic heterocycles. The van der Waals surface area contributed by atoms with Crippen molar-refractivity contribution in [2.75, 3.05) is 26.7 Å². The molecule has 3 nitrogen and oxygen atoms in total. The molecule has 0 amide bonds. The molecule has 0 atom stereocenters. The zero-order valence-corrected chi connectivity index (χ0v) is 8.21. The number of rotatable bonds is 6. The Kier molecular flexibility index (Phi) is 6.73. The van der Waals surface area contributed by atoms with Crippen LogP contribution >= 0.6 is 0 Å². The predicted molar refractivity (Wildman–Crippen MR) is 48.8 cm³/mol. The molecule has 0 unspecified atom stereocenters. The lowest BCUT2D eigenvalue weighted by atomic mass is 10.4. The molecular weight excluding hydrogens is 152 g/mol. The molecule has 0 saturated heterocycles. The lowest BCUT2D eigenvalue weighted by Gasteiger charge is -2.15. The molecule has 70 valence electrons. The summed E-state index contributed by atoms with van der Waals surface area (Å²) in [4.78, 5) is 2.10. The van der Waals surface area contributed by atoms with Gasteiger partial charge >= 0.3 is 0 Å². The van der Waals surface area contributed by atoms with E-state index in [-0.39, 0.29) is 0 Å². The smallest absolute Gasteiger partial charge is 0.0635 e. The average molecular weight is 170 g/mol. The monoisotopic (exact) mass is 170 g/mol. The van der Waals surface area contributed by atoms with E-state index in [1.165, 1.54) is 0 Å². The first kappa shape index (κ1) is 11.4. The molecule has 0 saturated carbocycles. The van der Waals surface area contributed by atoms with Crippen molar-refractivity contribution in [1.82, 2.24) is 4.90 Å². The summed E-state index contributed by atoms with van der Waals surface area (Å²) in [5.74, 6) is 0. The summed E-state index contributed by atoms with van der Waals surface area (Å²) in [6.07, 6.45) is 0.896. The summed E-state index contributed by atoms with van der Waals surface area (Å²) >= 11 is 0. The third-order valence-corrected chi connectivity index (χ3v) is 1.53. The highest BCUT2D eigenvalue weighted by atomic mass is 16.5. The van der Waals surface area contributed by atoms with Crippen LogP contribution in [0.5, 0.6) is 0 Å². The van der Waals surface area contributed by atoms with Crippen molar-refractivity contribution in [2.45, 2.75) is 26.4 Å². The van der Waals surface area contributed by atoms with Gasteiger partial charge in [0, 0.05) is 19.5 Å². The van der Waals surface area contributed by atoms with Gasteiger partial charge in [0.05, 0.1) is 18.8 Å². The molecule has 0 aromatic rings. The summed E-state index contributed by atoms with van der Waals surface area (Å²) < 4.78 is 5.37.